The van der Waals surface area contributed by atoms with E-state index >= 15 is 0 Å². The normalized spacial score (nSPS) is 11.9. The summed E-state index contributed by atoms with van der Waals surface area (Å²) in [6.45, 7) is 9.16. The number of rotatable bonds is 4. The van der Waals surface area contributed by atoms with Crippen LogP contribution in [0.2, 0.25) is 0 Å². The SMILES string of the molecule is Cc1cc(-c2ccc3ccccc3c2)cc(-c2c3ccccc3c(-c3ccc(-c4cccc5ccccc45)cc3)c3cc(C(C)(C)C)ccc23)c1. The van der Waals surface area contributed by atoms with Crippen LogP contribution < -0.4 is 0 Å². The lowest BCUT2D eigenvalue weighted by Gasteiger charge is -2.23. The van der Waals surface area contributed by atoms with Crippen LogP contribution in [0.4, 0.5) is 0 Å². The third-order valence-corrected chi connectivity index (χ3v) is 10.6. The molecule has 0 N–H and O–H groups in total. The third kappa shape index (κ3) is 5.49. The van der Waals surface area contributed by atoms with Crippen LogP contribution in [0.3, 0.4) is 0 Å². The van der Waals surface area contributed by atoms with E-state index in [0.29, 0.717) is 0 Å². The molecule has 9 aromatic carbocycles. The van der Waals surface area contributed by atoms with Crippen molar-refractivity contribution in [3.63, 3.8) is 0 Å². The van der Waals surface area contributed by atoms with E-state index in [1.807, 2.05) is 0 Å². The maximum Gasteiger partial charge on any atom is -0.00261 e. The van der Waals surface area contributed by atoms with Gasteiger partial charge in [0.15, 0.2) is 0 Å². The van der Waals surface area contributed by atoms with E-state index in [1.54, 1.807) is 0 Å². The minimum absolute atomic E-state index is 0.0160. The Balaban J connectivity index is 1.28. The van der Waals surface area contributed by atoms with Gasteiger partial charge in [0.2, 0.25) is 0 Å². The number of hydrogen-bond donors (Lipinski definition) is 0. The van der Waals surface area contributed by atoms with Crippen LogP contribution in [0.25, 0.3) is 87.6 Å². The summed E-state index contributed by atoms with van der Waals surface area (Å²) >= 11 is 0. The van der Waals surface area contributed by atoms with Gasteiger partial charge in [0.25, 0.3) is 0 Å². The summed E-state index contributed by atoms with van der Waals surface area (Å²) < 4.78 is 0. The highest BCUT2D eigenvalue weighted by Gasteiger charge is 2.21. The number of benzene rings is 9. The molecule has 244 valence electrons. The van der Waals surface area contributed by atoms with Gasteiger partial charge in [-0.15, -0.1) is 0 Å². The van der Waals surface area contributed by atoms with Gasteiger partial charge in [-0.25, -0.2) is 0 Å². The van der Waals surface area contributed by atoms with E-state index in [2.05, 4.69) is 198 Å². The molecule has 0 heteroatoms. The molecule has 0 saturated carbocycles. The highest BCUT2D eigenvalue weighted by Crippen LogP contribution is 2.46. The first-order chi connectivity index (χ1) is 24.8. The van der Waals surface area contributed by atoms with E-state index in [1.165, 1.54) is 98.7 Å². The molecule has 0 nitrogen and oxygen atoms in total. The summed E-state index contributed by atoms with van der Waals surface area (Å²) in [6.07, 6.45) is 0. The Bertz CT molecular complexity index is 2770. The van der Waals surface area contributed by atoms with Crippen molar-refractivity contribution in [3.05, 3.63) is 181 Å². The minimum atomic E-state index is 0.0160. The standard InChI is InChI=1S/C51H40/c1-33-28-40(39-25-20-34-12-5-6-14-38(34)30-39)31-41(29-33)50-46-18-10-9-17-45(46)49(48-32-42(51(2,3)4)26-27-47(48)50)37-23-21-36(22-24-37)44-19-11-15-35-13-7-8-16-43(35)44/h5-32H,1-4H3. The van der Waals surface area contributed by atoms with Crippen molar-refractivity contribution in [2.75, 3.05) is 0 Å². The topological polar surface area (TPSA) is 0 Å². The van der Waals surface area contributed by atoms with Crippen molar-refractivity contribution >= 4 is 43.1 Å². The van der Waals surface area contributed by atoms with Gasteiger partial charge in [-0.2, -0.15) is 0 Å². The quantitative estimate of drug-likeness (QED) is 0.166. The van der Waals surface area contributed by atoms with Gasteiger partial charge in [-0.1, -0.05) is 172 Å². The number of fused-ring (bicyclic) bond motifs is 4. The summed E-state index contributed by atoms with van der Waals surface area (Å²) in [5.41, 5.74) is 12.7. The van der Waals surface area contributed by atoms with E-state index in [0.717, 1.165) is 0 Å². The Hall–Kier alpha value is -5.98. The molecule has 9 rings (SSSR count). The van der Waals surface area contributed by atoms with Crippen LogP contribution in [0.15, 0.2) is 170 Å². The van der Waals surface area contributed by atoms with Gasteiger partial charge in [0.1, 0.15) is 0 Å². The number of hydrogen-bond acceptors (Lipinski definition) is 0. The van der Waals surface area contributed by atoms with Crippen LogP contribution in [-0.2, 0) is 5.41 Å². The zero-order valence-corrected chi connectivity index (χ0v) is 29.7. The summed E-state index contributed by atoms with van der Waals surface area (Å²) in [5.74, 6) is 0. The molecule has 0 spiro atoms. The largest absolute Gasteiger partial charge is 0.0616 e. The third-order valence-electron chi connectivity index (χ3n) is 10.6. The zero-order valence-electron chi connectivity index (χ0n) is 29.7. The Morgan fingerprint density at radius 3 is 1.65 bits per heavy atom. The molecule has 0 aliphatic heterocycles. The molecule has 9 aromatic rings. The van der Waals surface area contributed by atoms with Crippen LogP contribution in [-0.4, -0.2) is 0 Å². The summed E-state index contributed by atoms with van der Waals surface area (Å²) in [5, 5.41) is 10.2. The monoisotopic (exact) mass is 652 g/mol. The highest BCUT2D eigenvalue weighted by molar-refractivity contribution is 6.21. The lowest BCUT2D eigenvalue weighted by molar-refractivity contribution is 0.591. The van der Waals surface area contributed by atoms with Crippen LogP contribution in [0.5, 0.6) is 0 Å². The lowest BCUT2D eigenvalue weighted by Crippen LogP contribution is -2.10. The van der Waals surface area contributed by atoms with Crippen molar-refractivity contribution < 1.29 is 0 Å². The van der Waals surface area contributed by atoms with Gasteiger partial charge in [-0.3, -0.25) is 0 Å². The average Bonchev–Trinajstić information content (AvgIpc) is 3.15. The fourth-order valence-corrected chi connectivity index (χ4v) is 8.02. The second-order valence-corrected chi connectivity index (χ2v) is 15.1. The van der Waals surface area contributed by atoms with E-state index < -0.39 is 0 Å². The molecule has 0 bridgehead atoms. The van der Waals surface area contributed by atoms with Gasteiger partial charge in [0, 0.05) is 0 Å². The maximum absolute atomic E-state index is 2.46. The first-order valence-electron chi connectivity index (χ1n) is 18.0. The van der Waals surface area contributed by atoms with E-state index in [9.17, 15) is 0 Å². The van der Waals surface area contributed by atoms with Gasteiger partial charge >= 0.3 is 0 Å². The van der Waals surface area contributed by atoms with Crippen molar-refractivity contribution in [1.29, 1.82) is 0 Å². The van der Waals surface area contributed by atoms with Crippen LogP contribution in [0.1, 0.15) is 31.9 Å². The molecule has 0 atom stereocenters. The second kappa shape index (κ2) is 12.1. The van der Waals surface area contributed by atoms with E-state index in [-0.39, 0.29) is 5.41 Å². The molecular weight excluding hydrogens is 613 g/mol. The molecule has 0 aliphatic carbocycles. The molecule has 0 amide bonds. The first-order valence-corrected chi connectivity index (χ1v) is 18.0. The van der Waals surface area contributed by atoms with Crippen molar-refractivity contribution in [3.8, 4) is 44.5 Å². The van der Waals surface area contributed by atoms with Crippen LogP contribution in [0, 0.1) is 6.92 Å². The Morgan fingerprint density at radius 1 is 0.333 bits per heavy atom. The van der Waals surface area contributed by atoms with Crippen LogP contribution >= 0.6 is 0 Å². The Morgan fingerprint density at radius 2 is 0.902 bits per heavy atom. The lowest BCUT2D eigenvalue weighted by atomic mass is 9.81. The molecule has 0 saturated heterocycles. The second-order valence-electron chi connectivity index (χ2n) is 15.1. The van der Waals surface area contributed by atoms with E-state index in [4.69, 9.17) is 0 Å². The maximum atomic E-state index is 2.46. The molecule has 0 heterocycles. The molecular formula is C51H40. The predicted molar refractivity (Wildman–Crippen MR) is 222 cm³/mol. The Labute approximate surface area is 300 Å². The van der Waals surface area contributed by atoms with Gasteiger partial charge in [-0.05, 0) is 129 Å². The molecule has 0 aromatic heterocycles. The smallest absolute Gasteiger partial charge is 0.00261 e. The van der Waals surface area contributed by atoms with Crippen molar-refractivity contribution in [2.45, 2.75) is 33.1 Å². The average molecular weight is 653 g/mol. The number of aryl methyl sites for hydroxylation is 1. The minimum Gasteiger partial charge on any atom is -0.0616 e. The zero-order chi connectivity index (χ0) is 34.7. The van der Waals surface area contributed by atoms with Gasteiger partial charge < -0.3 is 0 Å². The predicted octanol–water partition coefficient (Wildman–Crippen LogP) is 14.6. The fraction of sp³-hybridized carbons (Fsp3) is 0.0980. The first kappa shape index (κ1) is 31.0. The molecule has 0 unspecified atom stereocenters. The Kier molecular flexibility index (Phi) is 7.37. The highest BCUT2D eigenvalue weighted by atomic mass is 14.2. The molecule has 0 fully saturated rings. The van der Waals surface area contributed by atoms with Crippen molar-refractivity contribution in [2.24, 2.45) is 0 Å². The summed E-state index contributed by atoms with van der Waals surface area (Å²) in [4.78, 5) is 0. The fourth-order valence-electron chi connectivity index (χ4n) is 8.02. The summed E-state index contributed by atoms with van der Waals surface area (Å²) in [6, 6.07) is 63.2. The van der Waals surface area contributed by atoms with Gasteiger partial charge in [0.05, 0.1) is 0 Å². The molecule has 51 heavy (non-hydrogen) atoms. The molecule has 0 radical (unpaired) electrons. The molecule has 0 aliphatic rings. The summed E-state index contributed by atoms with van der Waals surface area (Å²) in [7, 11) is 0. The van der Waals surface area contributed by atoms with Crippen molar-refractivity contribution in [1.82, 2.24) is 0 Å².